The molecule has 0 amide bonds. The van der Waals surface area contributed by atoms with Crippen LogP contribution >= 0.6 is 15.9 Å². The molecule has 1 aromatic rings. The molecule has 1 aliphatic heterocycles. The van der Waals surface area contributed by atoms with Crippen LogP contribution in [0.1, 0.15) is 12.5 Å². The molecule has 1 aliphatic rings. The molecular weight excluding hydrogens is 310 g/mol. The van der Waals surface area contributed by atoms with Crippen LogP contribution in [0.25, 0.3) is 6.08 Å². The van der Waals surface area contributed by atoms with E-state index in [0.29, 0.717) is 11.4 Å². The lowest BCUT2D eigenvalue weighted by atomic mass is 10.1. The Morgan fingerprint density at radius 1 is 1.47 bits per heavy atom. The van der Waals surface area contributed by atoms with Crippen molar-refractivity contribution in [1.82, 2.24) is 0 Å². The summed E-state index contributed by atoms with van der Waals surface area (Å²) in [4.78, 5) is 15.7. The van der Waals surface area contributed by atoms with Gasteiger partial charge >= 0.3 is 5.97 Å². The first kappa shape index (κ1) is 13.5. The van der Waals surface area contributed by atoms with Crippen molar-refractivity contribution >= 4 is 33.7 Å². The summed E-state index contributed by atoms with van der Waals surface area (Å²) < 4.78 is 5.55. The van der Waals surface area contributed by atoms with Crippen molar-refractivity contribution in [3.8, 4) is 0 Å². The lowest BCUT2D eigenvalue weighted by Crippen LogP contribution is -2.11. The van der Waals surface area contributed by atoms with Gasteiger partial charge in [-0.1, -0.05) is 28.1 Å². The van der Waals surface area contributed by atoms with E-state index in [0.717, 1.165) is 10.0 Å². The standard InChI is InChI=1S/C14H12BrNO3/c1-8-12(14(18)19-2)13(17)11(16-8)7-9-4-3-5-10(15)6-9/h3-7,17H,1-2H3/b11-7+. The zero-order chi connectivity index (χ0) is 14.0. The van der Waals surface area contributed by atoms with Crippen LogP contribution in [0, 0.1) is 0 Å². The van der Waals surface area contributed by atoms with E-state index in [4.69, 9.17) is 0 Å². The smallest absolute Gasteiger partial charge is 0.343 e. The number of hydrogen-bond donors (Lipinski definition) is 1. The van der Waals surface area contributed by atoms with Crippen LogP contribution in [0.3, 0.4) is 0 Å². The third-order valence-corrected chi connectivity index (χ3v) is 3.16. The molecule has 98 valence electrons. The maximum Gasteiger partial charge on any atom is 0.343 e. The number of aliphatic imine (C=N–C) groups is 1. The minimum atomic E-state index is -0.587. The van der Waals surface area contributed by atoms with Crippen molar-refractivity contribution in [2.45, 2.75) is 6.92 Å². The fraction of sp³-hybridized carbons (Fsp3) is 0.143. The summed E-state index contributed by atoms with van der Waals surface area (Å²) in [5.41, 5.74) is 1.80. The van der Waals surface area contributed by atoms with Crippen LogP contribution in [-0.4, -0.2) is 23.9 Å². The predicted molar refractivity (Wildman–Crippen MR) is 76.9 cm³/mol. The normalized spacial score (nSPS) is 16.8. The molecule has 1 heterocycles. The summed E-state index contributed by atoms with van der Waals surface area (Å²) in [6, 6.07) is 7.55. The number of esters is 1. The maximum atomic E-state index is 11.5. The number of ether oxygens (including phenoxy) is 1. The molecule has 0 saturated heterocycles. The monoisotopic (exact) mass is 321 g/mol. The Hall–Kier alpha value is -1.88. The number of carbonyl (C=O) groups excluding carboxylic acids is 1. The zero-order valence-corrected chi connectivity index (χ0v) is 12.1. The number of aliphatic hydroxyl groups excluding tert-OH is 1. The first-order valence-electron chi connectivity index (χ1n) is 5.58. The van der Waals surface area contributed by atoms with Gasteiger partial charge in [-0.3, -0.25) is 0 Å². The Morgan fingerprint density at radius 2 is 2.21 bits per heavy atom. The molecule has 0 spiro atoms. The number of carbonyl (C=O) groups is 1. The second-order valence-electron chi connectivity index (χ2n) is 4.00. The van der Waals surface area contributed by atoms with Crippen molar-refractivity contribution in [2.75, 3.05) is 7.11 Å². The number of rotatable bonds is 2. The van der Waals surface area contributed by atoms with E-state index in [2.05, 4.69) is 25.7 Å². The van der Waals surface area contributed by atoms with Gasteiger partial charge in [0.05, 0.1) is 12.8 Å². The molecule has 0 atom stereocenters. The average Bonchev–Trinajstić information content (AvgIpc) is 2.64. The summed E-state index contributed by atoms with van der Waals surface area (Å²) in [5.74, 6) is -0.735. The van der Waals surface area contributed by atoms with Gasteiger partial charge in [-0.2, -0.15) is 0 Å². The Balaban J connectivity index is 2.43. The topological polar surface area (TPSA) is 58.9 Å². The molecule has 1 N–H and O–H groups in total. The SMILES string of the molecule is COC(=O)C1=C(O)/C(=C\c2cccc(Br)c2)N=C1C. The van der Waals surface area contributed by atoms with Crippen molar-refractivity contribution in [1.29, 1.82) is 0 Å². The van der Waals surface area contributed by atoms with Crippen LogP contribution in [-0.2, 0) is 9.53 Å². The summed E-state index contributed by atoms with van der Waals surface area (Å²) in [6.07, 6.45) is 1.71. The third-order valence-electron chi connectivity index (χ3n) is 2.67. The van der Waals surface area contributed by atoms with Gasteiger partial charge in [-0.05, 0) is 30.7 Å². The van der Waals surface area contributed by atoms with E-state index in [1.165, 1.54) is 7.11 Å². The lowest BCUT2D eigenvalue weighted by Gasteiger charge is -2.00. The van der Waals surface area contributed by atoms with E-state index in [1.807, 2.05) is 24.3 Å². The Labute approximate surface area is 119 Å². The van der Waals surface area contributed by atoms with E-state index in [1.54, 1.807) is 13.0 Å². The van der Waals surface area contributed by atoms with Crippen LogP contribution in [0.4, 0.5) is 0 Å². The van der Waals surface area contributed by atoms with Crippen LogP contribution in [0.5, 0.6) is 0 Å². The average molecular weight is 322 g/mol. The summed E-state index contributed by atoms with van der Waals surface area (Å²) in [6.45, 7) is 1.66. The van der Waals surface area contributed by atoms with Crippen LogP contribution in [0.2, 0.25) is 0 Å². The van der Waals surface area contributed by atoms with Gasteiger partial charge in [0.2, 0.25) is 0 Å². The molecular formula is C14H12BrNO3. The second-order valence-corrected chi connectivity index (χ2v) is 4.91. The predicted octanol–water partition coefficient (Wildman–Crippen LogP) is 3.25. The highest BCUT2D eigenvalue weighted by atomic mass is 79.9. The summed E-state index contributed by atoms with van der Waals surface area (Å²) in [5, 5.41) is 10.0. The summed E-state index contributed by atoms with van der Waals surface area (Å²) >= 11 is 3.37. The molecule has 0 radical (unpaired) electrons. The van der Waals surface area contributed by atoms with Gasteiger partial charge in [0.1, 0.15) is 11.3 Å². The highest BCUT2D eigenvalue weighted by molar-refractivity contribution is 9.10. The Kier molecular flexibility index (Phi) is 3.85. The number of halogens is 1. The molecule has 0 aliphatic carbocycles. The fourth-order valence-electron chi connectivity index (χ4n) is 1.79. The van der Waals surface area contributed by atoms with Crippen LogP contribution < -0.4 is 0 Å². The molecule has 2 rings (SSSR count). The number of hydrogen-bond acceptors (Lipinski definition) is 4. The van der Waals surface area contributed by atoms with Gasteiger partial charge in [-0.15, -0.1) is 0 Å². The lowest BCUT2D eigenvalue weighted by molar-refractivity contribution is -0.135. The van der Waals surface area contributed by atoms with Crippen molar-refractivity contribution in [2.24, 2.45) is 4.99 Å². The first-order valence-corrected chi connectivity index (χ1v) is 6.37. The molecule has 0 unspecified atom stereocenters. The molecule has 4 nitrogen and oxygen atoms in total. The Morgan fingerprint density at radius 3 is 2.84 bits per heavy atom. The highest BCUT2D eigenvalue weighted by Gasteiger charge is 2.27. The van der Waals surface area contributed by atoms with E-state index < -0.39 is 5.97 Å². The number of benzene rings is 1. The maximum absolute atomic E-state index is 11.5. The Bertz CT molecular complexity index is 629. The van der Waals surface area contributed by atoms with Crippen molar-refractivity contribution in [3.63, 3.8) is 0 Å². The molecule has 1 aromatic carbocycles. The van der Waals surface area contributed by atoms with Gasteiger partial charge in [0.25, 0.3) is 0 Å². The van der Waals surface area contributed by atoms with E-state index >= 15 is 0 Å². The molecule has 0 aromatic heterocycles. The van der Waals surface area contributed by atoms with Crippen LogP contribution in [0.15, 0.2) is 50.8 Å². The minimum absolute atomic E-state index is 0.115. The van der Waals surface area contributed by atoms with E-state index in [9.17, 15) is 9.90 Å². The third kappa shape index (κ3) is 2.76. The van der Waals surface area contributed by atoms with Crippen molar-refractivity contribution in [3.05, 3.63) is 51.3 Å². The second kappa shape index (κ2) is 5.40. The number of methoxy groups -OCH3 is 1. The molecule has 0 fully saturated rings. The quantitative estimate of drug-likeness (QED) is 0.850. The van der Waals surface area contributed by atoms with Gasteiger partial charge in [0.15, 0.2) is 5.76 Å². The molecule has 0 bridgehead atoms. The van der Waals surface area contributed by atoms with Gasteiger partial charge < -0.3 is 9.84 Å². The fourth-order valence-corrected chi connectivity index (χ4v) is 2.21. The van der Waals surface area contributed by atoms with Crippen molar-refractivity contribution < 1.29 is 14.6 Å². The number of aliphatic hydroxyl groups is 1. The molecule has 19 heavy (non-hydrogen) atoms. The molecule has 5 heteroatoms. The van der Waals surface area contributed by atoms with E-state index in [-0.39, 0.29) is 11.3 Å². The first-order chi connectivity index (χ1) is 9.02. The van der Waals surface area contributed by atoms with Gasteiger partial charge in [-0.25, -0.2) is 9.79 Å². The van der Waals surface area contributed by atoms with Gasteiger partial charge in [0, 0.05) is 4.47 Å². The minimum Gasteiger partial charge on any atom is -0.505 e. The highest BCUT2D eigenvalue weighted by Crippen LogP contribution is 2.26. The zero-order valence-electron chi connectivity index (χ0n) is 10.5. The number of nitrogens with zero attached hydrogens (tertiary/aromatic N) is 1. The molecule has 0 saturated carbocycles. The largest absolute Gasteiger partial charge is 0.505 e. The summed E-state index contributed by atoms with van der Waals surface area (Å²) in [7, 11) is 1.27.